The molecule has 2 aromatic carbocycles. The Morgan fingerprint density at radius 3 is 2.63 bits per heavy atom. The monoisotopic (exact) mass is 364 g/mol. The van der Waals surface area contributed by atoms with Crippen molar-refractivity contribution < 1.29 is 14.0 Å². The number of carbonyl (C=O) groups is 2. The van der Waals surface area contributed by atoms with Crippen molar-refractivity contribution in [1.82, 2.24) is 9.88 Å². The van der Waals surface area contributed by atoms with E-state index in [1.54, 1.807) is 23.2 Å². The predicted molar refractivity (Wildman–Crippen MR) is 102 cm³/mol. The zero-order chi connectivity index (χ0) is 18.8. The van der Waals surface area contributed by atoms with Crippen molar-refractivity contribution in [3.05, 3.63) is 71.7 Å². The van der Waals surface area contributed by atoms with Crippen LogP contribution in [0.4, 0.5) is 4.39 Å². The number of H-pyrrole nitrogens is 1. The molecule has 0 radical (unpaired) electrons. The zero-order valence-corrected chi connectivity index (χ0v) is 15.0. The van der Waals surface area contributed by atoms with Crippen molar-refractivity contribution in [1.29, 1.82) is 0 Å². The van der Waals surface area contributed by atoms with Gasteiger partial charge >= 0.3 is 0 Å². The number of hydrogen-bond acceptors (Lipinski definition) is 2. The lowest BCUT2D eigenvalue weighted by Crippen LogP contribution is -2.38. The van der Waals surface area contributed by atoms with Crippen LogP contribution < -0.4 is 0 Å². The van der Waals surface area contributed by atoms with Crippen LogP contribution in [0.25, 0.3) is 10.9 Å². The van der Waals surface area contributed by atoms with Gasteiger partial charge in [-0.05, 0) is 36.6 Å². The summed E-state index contributed by atoms with van der Waals surface area (Å²) in [7, 11) is 0. The first-order valence-electron chi connectivity index (χ1n) is 9.28. The molecule has 1 aliphatic rings. The molecule has 4 nitrogen and oxygen atoms in total. The second-order valence-electron chi connectivity index (χ2n) is 7.07. The van der Waals surface area contributed by atoms with Crippen LogP contribution in [0, 0.1) is 5.82 Å². The van der Waals surface area contributed by atoms with Crippen molar-refractivity contribution in [2.75, 3.05) is 13.1 Å². The first-order chi connectivity index (χ1) is 13.1. The van der Waals surface area contributed by atoms with E-state index in [0.717, 1.165) is 35.7 Å². The first kappa shape index (κ1) is 17.5. The number of nitrogens with one attached hydrogen (secondary N) is 1. The highest BCUT2D eigenvalue weighted by Gasteiger charge is 2.29. The molecule has 138 valence electrons. The van der Waals surface area contributed by atoms with E-state index in [1.807, 2.05) is 24.3 Å². The number of carbonyl (C=O) groups excluding carboxylic acids is 2. The number of ketones is 1. The van der Waals surface area contributed by atoms with Gasteiger partial charge in [0, 0.05) is 36.1 Å². The van der Waals surface area contributed by atoms with Crippen molar-refractivity contribution in [2.24, 2.45) is 0 Å². The van der Waals surface area contributed by atoms with E-state index in [9.17, 15) is 14.0 Å². The Morgan fingerprint density at radius 2 is 1.81 bits per heavy atom. The number of amides is 1. The number of likely N-dealkylation sites (tertiary alicyclic amines) is 1. The highest BCUT2D eigenvalue weighted by molar-refractivity contribution is 6.44. The summed E-state index contributed by atoms with van der Waals surface area (Å²) in [4.78, 5) is 30.5. The number of nitrogens with zero attached hydrogens (tertiary/aromatic N) is 1. The van der Waals surface area contributed by atoms with Crippen LogP contribution in [0.1, 0.15) is 41.1 Å². The molecule has 1 saturated heterocycles. The van der Waals surface area contributed by atoms with Crippen LogP contribution in [-0.2, 0) is 4.79 Å². The summed E-state index contributed by atoms with van der Waals surface area (Å²) in [5.41, 5.74) is 2.27. The summed E-state index contributed by atoms with van der Waals surface area (Å²) in [5, 5.41) is 0.765. The number of aromatic amines is 1. The van der Waals surface area contributed by atoms with Gasteiger partial charge in [-0.25, -0.2) is 4.39 Å². The number of rotatable bonds is 3. The number of para-hydroxylation sites is 1. The van der Waals surface area contributed by atoms with Crippen LogP contribution in [0.5, 0.6) is 0 Å². The fourth-order valence-corrected chi connectivity index (χ4v) is 3.85. The molecule has 0 bridgehead atoms. The summed E-state index contributed by atoms with van der Waals surface area (Å²) in [6.45, 7) is 1.06. The lowest BCUT2D eigenvalue weighted by Gasteiger charge is -2.24. The first-order valence-corrected chi connectivity index (χ1v) is 9.28. The summed E-state index contributed by atoms with van der Waals surface area (Å²) in [6, 6.07) is 13.9. The van der Waals surface area contributed by atoms with Gasteiger partial charge in [0.25, 0.3) is 11.7 Å². The molecule has 1 aromatic heterocycles. The Labute approximate surface area is 157 Å². The molecule has 1 N–H and O–H groups in total. The third-order valence-electron chi connectivity index (χ3n) is 5.33. The number of fused-ring (bicyclic) bond motifs is 1. The second kappa shape index (κ2) is 7.35. The molecular weight excluding hydrogens is 343 g/mol. The maximum absolute atomic E-state index is 13.2. The smallest absolute Gasteiger partial charge is 0.295 e. The zero-order valence-electron chi connectivity index (χ0n) is 15.0. The van der Waals surface area contributed by atoms with Crippen LogP contribution in [0.3, 0.4) is 0 Å². The van der Waals surface area contributed by atoms with Crippen molar-refractivity contribution in [2.45, 2.75) is 25.2 Å². The number of halogens is 1. The quantitative estimate of drug-likeness (QED) is 0.557. The number of Topliss-reactive ketones (excluding diaryl/α,β-unsaturated/α-hetero) is 1. The van der Waals surface area contributed by atoms with Gasteiger partial charge in [0.15, 0.2) is 0 Å². The normalized spacial score (nSPS) is 17.7. The minimum absolute atomic E-state index is 0.118. The molecule has 27 heavy (non-hydrogen) atoms. The molecule has 1 amide bonds. The van der Waals surface area contributed by atoms with Gasteiger partial charge in [-0.3, -0.25) is 9.59 Å². The van der Waals surface area contributed by atoms with Crippen LogP contribution >= 0.6 is 0 Å². The Hall–Kier alpha value is -2.95. The maximum Gasteiger partial charge on any atom is 0.295 e. The fraction of sp³-hybridized carbons (Fsp3) is 0.273. The Bertz CT molecular complexity index is 977. The standard InChI is InChI=1S/C22H21FN2O2/c23-17-10-8-15(9-11-17)16-5-3-4-12-25(14-16)22(27)21(26)19-13-24-20-7-2-1-6-18(19)20/h1-2,6-11,13,16,24H,3-5,12,14H2/t16-/m0/s1. The minimum Gasteiger partial charge on any atom is -0.360 e. The van der Waals surface area contributed by atoms with Crippen molar-refractivity contribution in [3.8, 4) is 0 Å². The number of hydrogen-bond donors (Lipinski definition) is 1. The minimum atomic E-state index is -0.479. The van der Waals surface area contributed by atoms with Gasteiger partial charge in [0.1, 0.15) is 5.82 Å². The molecule has 3 aromatic rings. The summed E-state index contributed by atoms with van der Waals surface area (Å²) in [5.74, 6) is -1.09. The molecule has 0 unspecified atom stereocenters. The summed E-state index contributed by atoms with van der Waals surface area (Å²) >= 11 is 0. The predicted octanol–water partition coefficient (Wildman–Crippen LogP) is 4.29. The highest BCUT2D eigenvalue weighted by atomic mass is 19.1. The Kier molecular flexibility index (Phi) is 4.75. The van der Waals surface area contributed by atoms with Crippen molar-refractivity contribution in [3.63, 3.8) is 0 Å². The molecule has 2 heterocycles. The van der Waals surface area contributed by atoms with E-state index in [1.165, 1.54) is 12.1 Å². The van der Waals surface area contributed by atoms with Crippen molar-refractivity contribution >= 4 is 22.6 Å². The van der Waals surface area contributed by atoms with Crippen LogP contribution in [-0.4, -0.2) is 34.7 Å². The van der Waals surface area contributed by atoms with E-state index in [2.05, 4.69) is 4.98 Å². The Balaban J connectivity index is 1.56. The van der Waals surface area contributed by atoms with E-state index >= 15 is 0 Å². The lowest BCUT2D eigenvalue weighted by molar-refractivity contribution is -0.126. The SMILES string of the molecule is O=C(C(=O)N1CCCC[C@H](c2ccc(F)cc2)C1)c1c[nH]c2ccccc12. The summed E-state index contributed by atoms with van der Waals surface area (Å²) < 4.78 is 13.2. The topological polar surface area (TPSA) is 53.2 Å². The van der Waals surface area contributed by atoms with E-state index in [-0.39, 0.29) is 11.7 Å². The average molecular weight is 364 g/mol. The van der Waals surface area contributed by atoms with Gasteiger partial charge in [0.2, 0.25) is 0 Å². The lowest BCUT2D eigenvalue weighted by atomic mass is 9.94. The van der Waals surface area contributed by atoms with Crippen LogP contribution in [0.15, 0.2) is 54.7 Å². The molecular formula is C22H21FN2O2. The molecule has 0 aliphatic carbocycles. The summed E-state index contributed by atoms with van der Waals surface area (Å²) in [6.07, 6.45) is 4.38. The third kappa shape index (κ3) is 3.50. The van der Waals surface area contributed by atoms with E-state index < -0.39 is 11.7 Å². The highest BCUT2D eigenvalue weighted by Crippen LogP contribution is 2.27. The largest absolute Gasteiger partial charge is 0.360 e. The van der Waals surface area contributed by atoms with E-state index in [0.29, 0.717) is 18.7 Å². The molecule has 5 heteroatoms. The van der Waals surface area contributed by atoms with Gasteiger partial charge in [-0.2, -0.15) is 0 Å². The molecule has 0 saturated carbocycles. The molecule has 1 fully saturated rings. The average Bonchev–Trinajstić information content (AvgIpc) is 2.97. The van der Waals surface area contributed by atoms with Gasteiger partial charge in [-0.15, -0.1) is 0 Å². The maximum atomic E-state index is 13.2. The fourth-order valence-electron chi connectivity index (χ4n) is 3.85. The number of benzene rings is 2. The van der Waals surface area contributed by atoms with Gasteiger partial charge in [0.05, 0.1) is 5.56 Å². The number of aromatic nitrogens is 1. The molecule has 1 aliphatic heterocycles. The van der Waals surface area contributed by atoms with Crippen LogP contribution in [0.2, 0.25) is 0 Å². The molecule has 4 rings (SSSR count). The van der Waals surface area contributed by atoms with E-state index in [4.69, 9.17) is 0 Å². The second-order valence-corrected chi connectivity index (χ2v) is 7.07. The van der Waals surface area contributed by atoms with Gasteiger partial charge < -0.3 is 9.88 Å². The molecule has 0 spiro atoms. The Morgan fingerprint density at radius 1 is 1.04 bits per heavy atom. The third-order valence-corrected chi connectivity index (χ3v) is 5.33. The van der Waals surface area contributed by atoms with Gasteiger partial charge in [-0.1, -0.05) is 36.8 Å². The molecule has 1 atom stereocenters.